The maximum Gasteiger partial charge on any atom is 0.220 e. The topological polar surface area (TPSA) is 45.2 Å². The number of nitrogens with one attached hydrogen (secondary N) is 1. The zero-order valence-corrected chi connectivity index (χ0v) is 14.9. The minimum atomic E-state index is 0.216. The molecule has 5 heteroatoms. The largest absolute Gasteiger partial charge is 0.352 e. The Hall–Kier alpha value is -1.46. The summed E-state index contributed by atoms with van der Waals surface area (Å²) in [4.78, 5) is 19.5. The molecule has 1 N–H and O–H groups in total. The number of para-hydroxylation sites is 1. The van der Waals surface area contributed by atoms with Crippen LogP contribution in [0.4, 0.5) is 0 Å². The van der Waals surface area contributed by atoms with Gasteiger partial charge in [-0.2, -0.15) is 0 Å². The molecule has 128 valence electrons. The van der Waals surface area contributed by atoms with Crippen LogP contribution in [0.3, 0.4) is 0 Å². The molecule has 1 aromatic heterocycles. The Bertz CT molecular complexity index is 680. The molecule has 4 nitrogen and oxygen atoms in total. The number of hydrogen-bond acceptors (Lipinski definition) is 4. The molecule has 2 unspecified atom stereocenters. The average Bonchev–Trinajstić information content (AvgIpc) is 3.19. The van der Waals surface area contributed by atoms with Crippen molar-refractivity contribution >= 4 is 27.5 Å². The monoisotopic (exact) mass is 343 g/mol. The lowest BCUT2D eigenvalue weighted by atomic mass is 9.99. The van der Waals surface area contributed by atoms with Crippen molar-refractivity contribution in [1.29, 1.82) is 0 Å². The number of amides is 1. The predicted molar refractivity (Wildman–Crippen MR) is 98.3 cm³/mol. The number of rotatable bonds is 5. The first-order valence-electron chi connectivity index (χ1n) is 9.17. The molecule has 2 aliphatic rings. The summed E-state index contributed by atoms with van der Waals surface area (Å²) in [5, 5.41) is 4.44. The lowest BCUT2D eigenvalue weighted by Gasteiger charge is -2.32. The number of nitrogens with zero attached hydrogens (tertiary/aromatic N) is 2. The normalized spacial score (nSPS) is 24.2. The van der Waals surface area contributed by atoms with Crippen LogP contribution in [-0.2, 0) is 11.2 Å². The highest BCUT2D eigenvalue weighted by Gasteiger charge is 2.35. The molecule has 2 fully saturated rings. The lowest BCUT2D eigenvalue weighted by Crippen LogP contribution is -2.46. The number of hydrogen-bond donors (Lipinski definition) is 1. The Labute approximate surface area is 147 Å². The van der Waals surface area contributed by atoms with Crippen LogP contribution < -0.4 is 5.32 Å². The van der Waals surface area contributed by atoms with E-state index in [0.717, 1.165) is 36.3 Å². The van der Waals surface area contributed by atoms with E-state index in [1.165, 1.54) is 30.5 Å². The molecule has 0 spiro atoms. The predicted octanol–water partition coefficient (Wildman–Crippen LogP) is 3.36. The molecule has 1 aromatic carbocycles. The molecule has 0 radical (unpaired) electrons. The van der Waals surface area contributed by atoms with Crippen LogP contribution in [0.2, 0.25) is 0 Å². The van der Waals surface area contributed by atoms with Crippen molar-refractivity contribution in [2.24, 2.45) is 0 Å². The summed E-state index contributed by atoms with van der Waals surface area (Å²) in [6, 6.07) is 9.20. The number of carbonyl (C=O) groups is 1. The summed E-state index contributed by atoms with van der Waals surface area (Å²) < 4.78 is 1.24. The molecule has 0 saturated carbocycles. The van der Waals surface area contributed by atoms with Crippen molar-refractivity contribution in [3.8, 4) is 0 Å². The summed E-state index contributed by atoms with van der Waals surface area (Å²) in [6.45, 7) is 2.37. The third-order valence-electron chi connectivity index (χ3n) is 5.34. The highest BCUT2D eigenvalue weighted by molar-refractivity contribution is 7.18. The number of carbonyl (C=O) groups excluding carboxylic acids is 1. The Balaban J connectivity index is 1.24. The summed E-state index contributed by atoms with van der Waals surface area (Å²) >= 11 is 1.75. The van der Waals surface area contributed by atoms with Gasteiger partial charge in [-0.1, -0.05) is 18.6 Å². The van der Waals surface area contributed by atoms with Crippen LogP contribution in [0, 0.1) is 0 Å². The molecular weight excluding hydrogens is 318 g/mol. The highest BCUT2D eigenvalue weighted by Crippen LogP contribution is 2.27. The maximum absolute atomic E-state index is 12.3. The molecular formula is C19H25N3OS. The number of piperidine rings is 1. The van der Waals surface area contributed by atoms with Gasteiger partial charge in [-0.05, 0) is 50.8 Å². The highest BCUT2D eigenvalue weighted by atomic mass is 32.1. The number of aryl methyl sites for hydroxylation is 1. The number of thiazole rings is 1. The van der Waals surface area contributed by atoms with E-state index >= 15 is 0 Å². The van der Waals surface area contributed by atoms with Crippen molar-refractivity contribution in [3.05, 3.63) is 29.3 Å². The molecule has 2 saturated heterocycles. The summed E-state index contributed by atoms with van der Waals surface area (Å²) in [5.41, 5.74) is 1.07. The van der Waals surface area contributed by atoms with E-state index in [-0.39, 0.29) is 5.91 Å². The van der Waals surface area contributed by atoms with Gasteiger partial charge in [-0.3, -0.25) is 9.69 Å². The Morgan fingerprint density at radius 2 is 2.17 bits per heavy atom. The van der Waals surface area contributed by atoms with Crippen molar-refractivity contribution in [3.63, 3.8) is 0 Å². The number of fused-ring (bicyclic) bond motifs is 2. The van der Waals surface area contributed by atoms with Crippen molar-refractivity contribution < 1.29 is 4.79 Å². The Morgan fingerprint density at radius 1 is 1.25 bits per heavy atom. The quantitative estimate of drug-likeness (QED) is 0.905. The zero-order valence-electron chi connectivity index (χ0n) is 14.0. The molecule has 1 amide bonds. The molecule has 2 aromatic rings. The summed E-state index contributed by atoms with van der Waals surface area (Å²) in [6.07, 6.45) is 7.38. The van der Waals surface area contributed by atoms with Gasteiger partial charge in [0.05, 0.1) is 15.2 Å². The fourth-order valence-electron chi connectivity index (χ4n) is 4.12. The molecule has 24 heavy (non-hydrogen) atoms. The van der Waals surface area contributed by atoms with Gasteiger partial charge in [-0.25, -0.2) is 4.98 Å². The van der Waals surface area contributed by atoms with Crippen LogP contribution in [0.15, 0.2) is 24.3 Å². The van der Waals surface area contributed by atoms with Crippen LogP contribution in [0.25, 0.3) is 10.2 Å². The first-order valence-corrected chi connectivity index (χ1v) is 9.99. The summed E-state index contributed by atoms with van der Waals surface area (Å²) in [5.74, 6) is 0.216. The Morgan fingerprint density at radius 3 is 3.08 bits per heavy atom. The molecule has 2 atom stereocenters. The summed E-state index contributed by atoms with van der Waals surface area (Å²) in [7, 11) is 0. The van der Waals surface area contributed by atoms with Crippen LogP contribution in [0.1, 0.15) is 43.5 Å². The smallest absolute Gasteiger partial charge is 0.220 e. The van der Waals surface area contributed by atoms with Crippen LogP contribution in [-0.4, -0.2) is 41.0 Å². The van der Waals surface area contributed by atoms with Crippen LogP contribution in [0.5, 0.6) is 0 Å². The van der Waals surface area contributed by atoms with Gasteiger partial charge in [0, 0.05) is 25.0 Å². The number of aromatic nitrogens is 1. The van der Waals surface area contributed by atoms with E-state index in [4.69, 9.17) is 0 Å². The van der Waals surface area contributed by atoms with Gasteiger partial charge in [0.1, 0.15) is 0 Å². The molecule has 0 bridgehead atoms. The van der Waals surface area contributed by atoms with E-state index in [9.17, 15) is 4.79 Å². The SMILES string of the molecule is O=C(CCCc1nc2ccccc2s1)NC1CCN2CCCCC12. The van der Waals surface area contributed by atoms with Gasteiger partial charge < -0.3 is 5.32 Å². The minimum absolute atomic E-state index is 0.216. The lowest BCUT2D eigenvalue weighted by molar-refractivity contribution is -0.122. The van der Waals surface area contributed by atoms with Gasteiger partial charge in [-0.15, -0.1) is 11.3 Å². The maximum atomic E-state index is 12.3. The van der Waals surface area contributed by atoms with Gasteiger partial charge in [0.25, 0.3) is 0 Å². The van der Waals surface area contributed by atoms with Crippen molar-refractivity contribution in [1.82, 2.24) is 15.2 Å². The van der Waals surface area contributed by atoms with E-state index in [1.807, 2.05) is 12.1 Å². The van der Waals surface area contributed by atoms with Gasteiger partial charge >= 0.3 is 0 Å². The van der Waals surface area contributed by atoms with E-state index in [2.05, 4.69) is 27.3 Å². The first-order chi connectivity index (χ1) is 11.8. The third kappa shape index (κ3) is 3.47. The van der Waals surface area contributed by atoms with E-state index < -0.39 is 0 Å². The molecule has 4 rings (SSSR count). The third-order valence-corrected chi connectivity index (χ3v) is 6.43. The molecule has 3 heterocycles. The second-order valence-corrected chi connectivity index (χ2v) is 8.11. The second kappa shape index (κ2) is 7.19. The van der Waals surface area contributed by atoms with Gasteiger partial charge in [0.2, 0.25) is 5.91 Å². The zero-order chi connectivity index (χ0) is 16.4. The fraction of sp³-hybridized carbons (Fsp3) is 0.579. The molecule has 0 aliphatic carbocycles. The van der Waals surface area contributed by atoms with Gasteiger partial charge in [0.15, 0.2) is 0 Å². The fourth-order valence-corrected chi connectivity index (χ4v) is 5.13. The second-order valence-electron chi connectivity index (χ2n) is 6.99. The Kier molecular flexibility index (Phi) is 4.81. The van der Waals surface area contributed by atoms with Crippen LogP contribution >= 0.6 is 11.3 Å². The van der Waals surface area contributed by atoms with E-state index in [0.29, 0.717) is 18.5 Å². The first kappa shape index (κ1) is 16.0. The standard InChI is InChI=1S/C19H25N3OS/c23-18(20-14-11-13-22-12-4-3-7-16(14)22)9-5-10-19-21-15-6-1-2-8-17(15)24-19/h1-2,6,8,14,16H,3-5,7,9-13H2,(H,20,23). The minimum Gasteiger partial charge on any atom is -0.352 e. The average molecular weight is 343 g/mol. The van der Waals surface area contributed by atoms with Crippen molar-refractivity contribution in [2.45, 2.75) is 57.0 Å². The van der Waals surface area contributed by atoms with Crippen molar-refractivity contribution in [2.75, 3.05) is 13.1 Å². The van der Waals surface area contributed by atoms with E-state index in [1.54, 1.807) is 11.3 Å². The molecule has 2 aliphatic heterocycles. The number of benzene rings is 1.